The molecule has 0 heterocycles. The molecule has 36 heavy (non-hydrogen) atoms. The summed E-state index contributed by atoms with van der Waals surface area (Å²) < 4.78 is 94.3. The molecular formula is C27H41F6OSi2. The summed E-state index contributed by atoms with van der Waals surface area (Å²) in [5.74, 6) is -10.1. The van der Waals surface area contributed by atoms with E-state index in [1.54, 1.807) is 0 Å². The van der Waals surface area contributed by atoms with Gasteiger partial charge in [0, 0.05) is 0 Å². The van der Waals surface area contributed by atoms with Crippen molar-refractivity contribution in [1.82, 2.24) is 0 Å². The zero-order valence-electron chi connectivity index (χ0n) is 22.7. The second kappa shape index (κ2) is 12.1. The van der Waals surface area contributed by atoms with Gasteiger partial charge in [0.1, 0.15) is 0 Å². The Hall–Kier alpha value is -1.23. The zero-order valence-corrected chi connectivity index (χ0v) is 24.7. The van der Waals surface area contributed by atoms with Gasteiger partial charge in [0.2, 0.25) is 12.0 Å². The molecule has 9 heteroatoms. The molecule has 1 aliphatic carbocycles. The molecule has 0 spiro atoms. The highest BCUT2D eigenvalue weighted by atomic mass is 28.4. The van der Waals surface area contributed by atoms with Gasteiger partial charge < -0.3 is 4.43 Å². The van der Waals surface area contributed by atoms with Gasteiger partial charge >= 0.3 is 0 Å². The first-order valence-electron chi connectivity index (χ1n) is 13.2. The van der Waals surface area contributed by atoms with Crippen molar-refractivity contribution in [3.05, 3.63) is 40.6 Å². The van der Waals surface area contributed by atoms with Crippen LogP contribution in [0.25, 0.3) is 5.83 Å². The molecule has 0 amide bonds. The van der Waals surface area contributed by atoms with Crippen molar-refractivity contribution in [2.45, 2.75) is 115 Å². The van der Waals surface area contributed by atoms with Crippen LogP contribution >= 0.6 is 0 Å². The standard InChI is InChI=1S/C27H41F6OSi2/c1-8-12-13-14-15-36(27(5,6)7,17-16-35(9-2,10-3)11-4)34-26-23(31)19-18(22(30)25(26)33)20(28)24(32)21(19)29/h8-17H2,1-7H3. The van der Waals surface area contributed by atoms with Gasteiger partial charge in [-0.15, -0.1) is 0 Å². The Labute approximate surface area is 214 Å². The quantitative estimate of drug-likeness (QED) is 0.103. The lowest BCUT2D eigenvalue weighted by molar-refractivity contribution is 0.383. The first kappa shape index (κ1) is 31.0. The van der Waals surface area contributed by atoms with Crippen LogP contribution < -0.4 is 4.43 Å². The number of halogens is 6. The fourth-order valence-corrected chi connectivity index (χ4v) is 15.3. The second-order valence-electron chi connectivity index (χ2n) is 11.2. The molecule has 0 aliphatic heterocycles. The fraction of sp³-hybridized carbons (Fsp3) is 0.667. The van der Waals surface area contributed by atoms with E-state index in [1.807, 2.05) is 20.8 Å². The highest BCUT2D eigenvalue weighted by Crippen LogP contribution is 2.52. The monoisotopic (exact) mass is 551 g/mol. The van der Waals surface area contributed by atoms with Crippen molar-refractivity contribution < 1.29 is 30.8 Å². The predicted octanol–water partition coefficient (Wildman–Crippen LogP) is 10.8. The van der Waals surface area contributed by atoms with Crippen molar-refractivity contribution in [3.63, 3.8) is 0 Å². The van der Waals surface area contributed by atoms with Gasteiger partial charge in [-0.25, -0.2) is 22.0 Å². The van der Waals surface area contributed by atoms with E-state index in [0.29, 0.717) is 12.1 Å². The van der Waals surface area contributed by atoms with Gasteiger partial charge in [-0.2, -0.15) is 4.39 Å². The first-order chi connectivity index (χ1) is 16.8. The number of unbranched alkanes of at least 4 members (excludes halogenated alkanes) is 3. The summed E-state index contributed by atoms with van der Waals surface area (Å²) in [6.07, 6.45) is 1.80. The third kappa shape index (κ3) is 5.76. The topological polar surface area (TPSA) is 9.23 Å². The predicted molar refractivity (Wildman–Crippen MR) is 141 cm³/mol. The van der Waals surface area contributed by atoms with Crippen LogP contribution in [-0.2, 0) is 0 Å². The summed E-state index contributed by atoms with van der Waals surface area (Å²) >= 11 is 0. The third-order valence-corrected chi connectivity index (χ3v) is 20.4. The lowest BCUT2D eigenvalue weighted by Gasteiger charge is -2.44. The normalized spacial score (nSPS) is 16.5. The van der Waals surface area contributed by atoms with Crippen LogP contribution in [0.3, 0.4) is 0 Å². The van der Waals surface area contributed by atoms with Gasteiger partial charge in [0.15, 0.2) is 29.0 Å². The summed E-state index contributed by atoms with van der Waals surface area (Å²) in [6, 6.07) is 5.37. The summed E-state index contributed by atoms with van der Waals surface area (Å²) in [6.45, 7) is 14.6. The maximum atomic E-state index is 15.5. The molecule has 1 aliphatic rings. The Balaban J connectivity index is 2.65. The molecular weight excluding hydrogens is 510 g/mol. The van der Waals surface area contributed by atoms with E-state index in [0.717, 1.165) is 49.9 Å². The van der Waals surface area contributed by atoms with E-state index >= 15 is 8.78 Å². The van der Waals surface area contributed by atoms with Crippen LogP contribution in [0.4, 0.5) is 26.3 Å². The molecule has 1 aromatic rings. The minimum absolute atomic E-state index is 0.486. The van der Waals surface area contributed by atoms with E-state index in [-0.39, 0.29) is 0 Å². The summed E-state index contributed by atoms with van der Waals surface area (Å²) in [5, 5.41) is -0.486. The van der Waals surface area contributed by atoms with E-state index in [4.69, 9.17) is 4.43 Å². The number of hydrogen-bond acceptors (Lipinski definition) is 1. The van der Waals surface area contributed by atoms with Crippen LogP contribution in [0.1, 0.15) is 85.3 Å². The molecule has 1 unspecified atom stereocenters. The van der Waals surface area contributed by atoms with Gasteiger partial charge in [0.25, 0.3) is 8.32 Å². The maximum absolute atomic E-state index is 15.5. The molecule has 0 fully saturated rings. The van der Waals surface area contributed by atoms with Crippen LogP contribution in [-0.4, -0.2) is 16.4 Å². The fourth-order valence-electron chi connectivity index (χ4n) is 5.37. The van der Waals surface area contributed by atoms with Crippen molar-refractivity contribution >= 4 is 22.2 Å². The van der Waals surface area contributed by atoms with Crippen LogP contribution in [0.15, 0.2) is 5.83 Å². The van der Waals surface area contributed by atoms with Gasteiger partial charge in [-0.3, -0.25) is 0 Å². The SMILES string of the molecule is CCCCCC[Si](CC[Si](CC)(CC)CC)(Oc1c(F)c(F)c2c(c1F)C(F)=C(F)[C]2F)C(C)(C)C. The third-order valence-electron chi connectivity index (χ3n) is 8.51. The maximum Gasteiger partial charge on any atom is 0.256 e. The Morgan fingerprint density at radius 2 is 1.22 bits per heavy atom. The van der Waals surface area contributed by atoms with Crippen molar-refractivity contribution in [1.29, 1.82) is 0 Å². The highest BCUT2D eigenvalue weighted by Gasteiger charge is 2.51. The number of allylic oxidation sites excluding steroid dienone is 1. The van der Waals surface area contributed by atoms with Crippen LogP contribution in [0, 0.1) is 23.6 Å². The summed E-state index contributed by atoms with van der Waals surface area (Å²) in [5.41, 5.74) is -2.59. The minimum atomic E-state index is -3.07. The molecule has 1 radical (unpaired) electrons. The summed E-state index contributed by atoms with van der Waals surface area (Å²) in [7, 11) is -4.70. The van der Waals surface area contributed by atoms with Crippen molar-refractivity contribution in [3.8, 4) is 5.75 Å². The first-order valence-corrected chi connectivity index (χ1v) is 18.4. The average molecular weight is 552 g/mol. The summed E-state index contributed by atoms with van der Waals surface area (Å²) in [4.78, 5) is 0. The lowest BCUT2D eigenvalue weighted by atomic mass is 10.1. The Morgan fingerprint density at radius 1 is 0.639 bits per heavy atom. The van der Waals surface area contributed by atoms with E-state index in [2.05, 4.69) is 27.7 Å². The molecule has 1 nitrogen and oxygen atoms in total. The second-order valence-corrected chi connectivity index (χ2v) is 21.5. The smallest absolute Gasteiger partial charge is 0.256 e. The molecule has 0 aromatic heterocycles. The van der Waals surface area contributed by atoms with Gasteiger partial charge in [0.05, 0.1) is 19.2 Å². The number of hydrogen-bond donors (Lipinski definition) is 0. The zero-order chi connectivity index (χ0) is 27.5. The number of rotatable bonds is 13. The molecule has 0 saturated carbocycles. The number of benzene rings is 1. The van der Waals surface area contributed by atoms with E-state index in [1.165, 1.54) is 0 Å². The molecule has 205 valence electrons. The average Bonchev–Trinajstić information content (AvgIpc) is 3.07. The molecule has 1 atom stereocenters. The van der Waals surface area contributed by atoms with Gasteiger partial charge in [-0.05, 0) is 17.1 Å². The Bertz CT molecular complexity index is 947. The molecule has 0 saturated heterocycles. The molecule has 1 aromatic carbocycles. The van der Waals surface area contributed by atoms with Gasteiger partial charge in [-0.1, -0.05) is 98.3 Å². The number of fused-ring (bicyclic) bond motifs is 1. The Kier molecular flexibility index (Phi) is 10.4. The Morgan fingerprint density at radius 3 is 1.72 bits per heavy atom. The van der Waals surface area contributed by atoms with Crippen molar-refractivity contribution in [2.24, 2.45) is 0 Å². The molecule has 2 rings (SSSR count). The lowest BCUT2D eigenvalue weighted by Crippen LogP contribution is -2.52. The van der Waals surface area contributed by atoms with Crippen LogP contribution in [0.2, 0.25) is 41.3 Å². The van der Waals surface area contributed by atoms with E-state index < -0.39 is 73.6 Å². The van der Waals surface area contributed by atoms with E-state index in [9.17, 15) is 17.6 Å². The largest absolute Gasteiger partial charge is 0.539 e. The highest BCUT2D eigenvalue weighted by molar-refractivity contribution is 6.83. The van der Waals surface area contributed by atoms with Crippen LogP contribution in [0.5, 0.6) is 5.75 Å². The minimum Gasteiger partial charge on any atom is -0.539 e. The van der Waals surface area contributed by atoms with Crippen molar-refractivity contribution in [2.75, 3.05) is 0 Å². The molecule has 0 bridgehead atoms. The molecule has 0 N–H and O–H groups in total.